The molecule has 2 rings (SSSR count). The predicted molar refractivity (Wildman–Crippen MR) is 113 cm³/mol. The van der Waals surface area contributed by atoms with Crippen LogP contribution < -0.4 is 14.8 Å². The molecule has 29 heavy (non-hydrogen) atoms. The average molecular weight is 399 g/mol. The summed E-state index contributed by atoms with van der Waals surface area (Å²) >= 11 is 0. The van der Waals surface area contributed by atoms with Crippen molar-refractivity contribution in [2.45, 2.75) is 39.8 Å². The largest absolute Gasteiger partial charge is 0.493 e. The van der Waals surface area contributed by atoms with E-state index in [0.717, 1.165) is 5.56 Å². The Morgan fingerprint density at radius 1 is 1.07 bits per heavy atom. The number of hydrogen-bond donors (Lipinski definition) is 1. The van der Waals surface area contributed by atoms with Gasteiger partial charge in [-0.2, -0.15) is 0 Å². The average Bonchev–Trinajstić information content (AvgIpc) is 2.73. The SMILES string of the molecule is CCOc1ccc(CN(CC)C(=O)CC(C)NC(=O)c2ccccc2)cc1OC. The molecule has 0 fully saturated rings. The Hall–Kier alpha value is -3.02. The van der Waals surface area contributed by atoms with Crippen molar-refractivity contribution in [2.75, 3.05) is 20.3 Å². The van der Waals surface area contributed by atoms with Crippen LogP contribution >= 0.6 is 0 Å². The monoisotopic (exact) mass is 398 g/mol. The van der Waals surface area contributed by atoms with Crippen molar-refractivity contribution in [3.8, 4) is 11.5 Å². The zero-order chi connectivity index (χ0) is 21.2. The lowest BCUT2D eigenvalue weighted by Crippen LogP contribution is -2.39. The van der Waals surface area contributed by atoms with Gasteiger partial charge in [-0.15, -0.1) is 0 Å². The maximum absolute atomic E-state index is 12.7. The Morgan fingerprint density at radius 2 is 1.79 bits per heavy atom. The van der Waals surface area contributed by atoms with Gasteiger partial charge in [0.1, 0.15) is 0 Å². The first-order chi connectivity index (χ1) is 14.0. The van der Waals surface area contributed by atoms with Crippen LogP contribution in [0.2, 0.25) is 0 Å². The van der Waals surface area contributed by atoms with Gasteiger partial charge in [0, 0.05) is 31.1 Å². The summed E-state index contributed by atoms with van der Waals surface area (Å²) in [6.07, 6.45) is 0.237. The molecule has 0 bridgehead atoms. The summed E-state index contributed by atoms with van der Waals surface area (Å²) in [5.41, 5.74) is 1.54. The van der Waals surface area contributed by atoms with E-state index in [1.807, 2.05) is 57.2 Å². The fourth-order valence-corrected chi connectivity index (χ4v) is 3.02. The van der Waals surface area contributed by atoms with Gasteiger partial charge in [0.15, 0.2) is 11.5 Å². The van der Waals surface area contributed by atoms with Crippen LogP contribution in [0.4, 0.5) is 0 Å². The molecule has 1 N–H and O–H groups in total. The minimum atomic E-state index is -0.265. The van der Waals surface area contributed by atoms with Crippen molar-refractivity contribution in [1.82, 2.24) is 10.2 Å². The molecule has 0 aliphatic heterocycles. The molecule has 2 amide bonds. The van der Waals surface area contributed by atoms with Crippen LogP contribution in [0.25, 0.3) is 0 Å². The number of rotatable bonds is 10. The summed E-state index contributed by atoms with van der Waals surface area (Å²) in [6.45, 7) is 7.30. The van der Waals surface area contributed by atoms with Gasteiger partial charge in [-0.25, -0.2) is 0 Å². The third-order valence-corrected chi connectivity index (χ3v) is 4.53. The van der Waals surface area contributed by atoms with E-state index in [0.29, 0.717) is 36.8 Å². The summed E-state index contributed by atoms with van der Waals surface area (Å²) in [7, 11) is 1.60. The minimum Gasteiger partial charge on any atom is -0.493 e. The van der Waals surface area contributed by atoms with E-state index in [1.165, 1.54) is 0 Å². The lowest BCUT2D eigenvalue weighted by atomic mass is 10.1. The van der Waals surface area contributed by atoms with Crippen LogP contribution in [0, 0.1) is 0 Å². The van der Waals surface area contributed by atoms with E-state index in [4.69, 9.17) is 9.47 Å². The topological polar surface area (TPSA) is 67.9 Å². The van der Waals surface area contributed by atoms with E-state index >= 15 is 0 Å². The second-order valence-corrected chi connectivity index (χ2v) is 6.77. The van der Waals surface area contributed by atoms with Gasteiger partial charge in [0.25, 0.3) is 5.91 Å². The molecular formula is C23H30N2O4. The highest BCUT2D eigenvalue weighted by molar-refractivity contribution is 5.94. The van der Waals surface area contributed by atoms with Crippen molar-refractivity contribution in [3.63, 3.8) is 0 Å². The van der Waals surface area contributed by atoms with Crippen LogP contribution in [0.3, 0.4) is 0 Å². The summed E-state index contributed by atoms with van der Waals surface area (Å²) in [5.74, 6) is 1.15. The molecule has 156 valence electrons. The molecule has 6 heteroatoms. The van der Waals surface area contributed by atoms with Crippen LogP contribution in [0.5, 0.6) is 11.5 Å². The molecule has 6 nitrogen and oxygen atoms in total. The zero-order valence-corrected chi connectivity index (χ0v) is 17.6. The number of nitrogens with one attached hydrogen (secondary N) is 1. The molecule has 0 aliphatic rings. The van der Waals surface area contributed by atoms with Crippen molar-refractivity contribution in [3.05, 3.63) is 59.7 Å². The number of carbonyl (C=O) groups is 2. The van der Waals surface area contributed by atoms with E-state index < -0.39 is 0 Å². The molecule has 0 aromatic heterocycles. The Kier molecular flexibility index (Phi) is 8.52. The second kappa shape index (κ2) is 11.1. The van der Waals surface area contributed by atoms with Crippen molar-refractivity contribution >= 4 is 11.8 Å². The number of carbonyl (C=O) groups excluding carboxylic acids is 2. The first-order valence-corrected chi connectivity index (χ1v) is 9.91. The Bertz CT molecular complexity index is 808. The standard InChI is InChI=1S/C23H30N2O4/c1-5-25(16-18-12-13-20(29-6-2)21(15-18)28-4)22(26)14-17(3)24-23(27)19-10-8-7-9-11-19/h7-13,15,17H,5-6,14,16H2,1-4H3,(H,24,27). The molecule has 0 spiro atoms. The quantitative estimate of drug-likeness (QED) is 0.663. The van der Waals surface area contributed by atoms with Crippen LogP contribution in [-0.2, 0) is 11.3 Å². The first kappa shape index (κ1) is 22.3. The van der Waals surface area contributed by atoms with Gasteiger partial charge >= 0.3 is 0 Å². The summed E-state index contributed by atoms with van der Waals surface area (Å²) in [4.78, 5) is 26.8. The normalized spacial score (nSPS) is 11.4. The minimum absolute atomic E-state index is 0.0128. The molecule has 1 atom stereocenters. The van der Waals surface area contributed by atoms with Gasteiger partial charge in [0.2, 0.25) is 5.91 Å². The predicted octanol–water partition coefficient (Wildman–Crippen LogP) is 3.65. The molecule has 0 heterocycles. The highest BCUT2D eigenvalue weighted by atomic mass is 16.5. The molecule has 1 unspecified atom stereocenters. The van der Waals surface area contributed by atoms with Gasteiger partial charge < -0.3 is 19.7 Å². The third-order valence-electron chi connectivity index (χ3n) is 4.53. The number of amides is 2. The van der Waals surface area contributed by atoms with Crippen molar-refractivity contribution in [2.24, 2.45) is 0 Å². The van der Waals surface area contributed by atoms with E-state index in [9.17, 15) is 9.59 Å². The number of methoxy groups -OCH3 is 1. The van der Waals surface area contributed by atoms with E-state index in [1.54, 1.807) is 24.1 Å². The fourth-order valence-electron chi connectivity index (χ4n) is 3.02. The van der Waals surface area contributed by atoms with Gasteiger partial charge in [-0.05, 0) is 50.6 Å². The molecule has 0 saturated heterocycles. The zero-order valence-electron chi connectivity index (χ0n) is 17.6. The third kappa shape index (κ3) is 6.52. The molecule has 0 saturated carbocycles. The summed E-state index contributed by atoms with van der Waals surface area (Å²) < 4.78 is 10.9. The Labute approximate surface area is 172 Å². The van der Waals surface area contributed by atoms with Gasteiger partial charge in [-0.1, -0.05) is 24.3 Å². The van der Waals surface area contributed by atoms with Crippen molar-refractivity contribution < 1.29 is 19.1 Å². The van der Waals surface area contributed by atoms with Crippen LogP contribution in [-0.4, -0.2) is 43.0 Å². The first-order valence-electron chi connectivity index (χ1n) is 9.91. The van der Waals surface area contributed by atoms with Gasteiger partial charge in [-0.3, -0.25) is 9.59 Å². The van der Waals surface area contributed by atoms with Crippen LogP contribution in [0.1, 0.15) is 43.1 Å². The lowest BCUT2D eigenvalue weighted by molar-refractivity contribution is -0.132. The number of nitrogens with zero attached hydrogens (tertiary/aromatic N) is 1. The fraction of sp³-hybridized carbons (Fsp3) is 0.391. The smallest absolute Gasteiger partial charge is 0.251 e. The molecular weight excluding hydrogens is 368 g/mol. The number of hydrogen-bond acceptors (Lipinski definition) is 4. The summed E-state index contributed by atoms with van der Waals surface area (Å²) in [5, 5.41) is 2.89. The van der Waals surface area contributed by atoms with E-state index in [2.05, 4.69) is 5.32 Å². The molecule has 2 aromatic rings. The second-order valence-electron chi connectivity index (χ2n) is 6.77. The maximum atomic E-state index is 12.7. The number of benzene rings is 2. The summed E-state index contributed by atoms with van der Waals surface area (Å²) in [6, 6.07) is 14.4. The number of ether oxygens (including phenoxy) is 2. The van der Waals surface area contributed by atoms with Crippen LogP contribution in [0.15, 0.2) is 48.5 Å². The molecule has 0 radical (unpaired) electrons. The highest BCUT2D eigenvalue weighted by Crippen LogP contribution is 2.28. The van der Waals surface area contributed by atoms with Gasteiger partial charge in [0.05, 0.1) is 13.7 Å². The molecule has 2 aromatic carbocycles. The lowest BCUT2D eigenvalue weighted by Gasteiger charge is -2.24. The van der Waals surface area contributed by atoms with Crippen molar-refractivity contribution in [1.29, 1.82) is 0 Å². The molecule has 0 aliphatic carbocycles. The Morgan fingerprint density at radius 3 is 2.41 bits per heavy atom. The Balaban J connectivity index is 1.96. The highest BCUT2D eigenvalue weighted by Gasteiger charge is 2.18. The van der Waals surface area contributed by atoms with E-state index in [-0.39, 0.29) is 24.3 Å². The maximum Gasteiger partial charge on any atom is 0.251 e.